The molecule has 0 atom stereocenters. The first-order valence-electron chi connectivity index (χ1n) is 6.42. The van der Waals surface area contributed by atoms with Gasteiger partial charge in [-0.25, -0.2) is 4.98 Å². The van der Waals surface area contributed by atoms with Crippen molar-refractivity contribution in [3.8, 4) is 0 Å². The van der Waals surface area contributed by atoms with Crippen molar-refractivity contribution in [3.63, 3.8) is 0 Å². The summed E-state index contributed by atoms with van der Waals surface area (Å²) in [6, 6.07) is 0. The van der Waals surface area contributed by atoms with Crippen LogP contribution in [-0.2, 0) is 10.3 Å². The van der Waals surface area contributed by atoms with E-state index in [0.29, 0.717) is 6.54 Å². The summed E-state index contributed by atoms with van der Waals surface area (Å²) < 4.78 is 0. The molecule has 1 aliphatic carbocycles. The zero-order valence-electron chi connectivity index (χ0n) is 11.2. The van der Waals surface area contributed by atoms with E-state index in [-0.39, 0.29) is 5.91 Å². The van der Waals surface area contributed by atoms with Crippen molar-refractivity contribution in [3.05, 3.63) is 16.1 Å². The maximum absolute atomic E-state index is 11.8. The summed E-state index contributed by atoms with van der Waals surface area (Å²) in [5.74, 6) is 0.834. The van der Waals surface area contributed by atoms with Gasteiger partial charge in [-0.3, -0.25) is 4.79 Å². The predicted octanol–water partition coefficient (Wildman–Crippen LogP) is 1.80. The lowest BCUT2D eigenvalue weighted by molar-refractivity contribution is -0.121. The minimum absolute atomic E-state index is 0.0357. The van der Waals surface area contributed by atoms with Crippen LogP contribution in [0.1, 0.15) is 36.6 Å². The number of rotatable bonds is 6. The Hall–Kier alpha value is -0.940. The lowest BCUT2D eigenvalue weighted by atomic mass is 10.1. The molecule has 0 aliphatic heterocycles. The van der Waals surface area contributed by atoms with Crippen LogP contribution in [0.4, 0.5) is 0 Å². The molecule has 0 unspecified atom stereocenters. The van der Waals surface area contributed by atoms with E-state index < -0.39 is 5.54 Å². The van der Waals surface area contributed by atoms with Crippen molar-refractivity contribution in [2.45, 2.75) is 39.2 Å². The van der Waals surface area contributed by atoms with Crippen molar-refractivity contribution < 1.29 is 4.79 Å². The maximum Gasteiger partial charge on any atom is 0.234 e. The number of thiazole rings is 1. The Morgan fingerprint density at radius 2 is 2.28 bits per heavy atom. The third kappa shape index (κ3) is 3.78. The van der Waals surface area contributed by atoms with Gasteiger partial charge in [0.1, 0.15) is 5.01 Å². The number of carbonyl (C=O) groups excluding carboxylic acids is 1. The highest BCUT2D eigenvalue weighted by molar-refractivity contribution is 7.11. The molecule has 0 bridgehead atoms. The molecule has 0 aromatic carbocycles. The average molecular weight is 267 g/mol. The maximum atomic E-state index is 11.8. The highest BCUT2D eigenvalue weighted by atomic mass is 32.1. The third-order valence-electron chi connectivity index (χ3n) is 3.02. The average Bonchev–Trinajstić information content (AvgIpc) is 2.98. The first kappa shape index (κ1) is 13.5. The molecule has 0 spiro atoms. The molecule has 2 N–H and O–H groups in total. The number of aromatic nitrogens is 1. The standard InChI is InChI=1S/C13H21N3OS/c1-9-6-15-12(18-9)13(2,3)16-11(17)8-14-7-10-4-5-10/h6,10,14H,4-5,7-8H2,1-3H3,(H,16,17). The smallest absolute Gasteiger partial charge is 0.234 e. The fourth-order valence-corrected chi connectivity index (χ4v) is 2.62. The topological polar surface area (TPSA) is 54.0 Å². The zero-order chi connectivity index (χ0) is 13.2. The molecule has 100 valence electrons. The summed E-state index contributed by atoms with van der Waals surface area (Å²) in [6.07, 6.45) is 4.45. The number of nitrogens with one attached hydrogen (secondary N) is 2. The van der Waals surface area contributed by atoms with Crippen LogP contribution >= 0.6 is 11.3 Å². The molecule has 1 aromatic rings. The second-order valence-electron chi connectivity index (χ2n) is 5.52. The van der Waals surface area contributed by atoms with Gasteiger partial charge in [0.2, 0.25) is 5.91 Å². The fourth-order valence-electron chi connectivity index (χ4n) is 1.80. The number of hydrogen-bond donors (Lipinski definition) is 2. The Bertz CT molecular complexity index is 424. The van der Waals surface area contributed by atoms with E-state index in [0.717, 1.165) is 17.5 Å². The van der Waals surface area contributed by atoms with Crippen LogP contribution in [0.15, 0.2) is 6.20 Å². The van der Waals surface area contributed by atoms with E-state index in [1.807, 2.05) is 27.0 Å². The molecule has 1 aliphatic rings. The van der Waals surface area contributed by atoms with Gasteiger partial charge in [0.05, 0.1) is 12.1 Å². The molecule has 2 rings (SSSR count). The monoisotopic (exact) mass is 267 g/mol. The highest BCUT2D eigenvalue weighted by Gasteiger charge is 2.26. The molecule has 1 saturated carbocycles. The molecule has 0 saturated heterocycles. The highest BCUT2D eigenvalue weighted by Crippen LogP contribution is 2.27. The minimum Gasteiger partial charge on any atom is -0.344 e. The van der Waals surface area contributed by atoms with Crippen molar-refractivity contribution in [1.29, 1.82) is 0 Å². The first-order valence-corrected chi connectivity index (χ1v) is 7.23. The van der Waals surface area contributed by atoms with Gasteiger partial charge in [-0.2, -0.15) is 0 Å². The summed E-state index contributed by atoms with van der Waals surface area (Å²) in [6.45, 7) is 7.36. The molecule has 18 heavy (non-hydrogen) atoms. The van der Waals surface area contributed by atoms with Crippen LogP contribution < -0.4 is 10.6 Å². The number of hydrogen-bond acceptors (Lipinski definition) is 4. The zero-order valence-corrected chi connectivity index (χ0v) is 12.1. The van der Waals surface area contributed by atoms with E-state index in [1.54, 1.807) is 11.3 Å². The Kier molecular flexibility index (Phi) is 4.02. The van der Waals surface area contributed by atoms with E-state index >= 15 is 0 Å². The Morgan fingerprint density at radius 3 is 2.83 bits per heavy atom. The summed E-state index contributed by atoms with van der Waals surface area (Å²) >= 11 is 1.63. The Labute approximate surface area is 112 Å². The number of nitrogens with zero attached hydrogens (tertiary/aromatic N) is 1. The van der Waals surface area contributed by atoms with E-state index in [4.69, 9.17) is 0 Å². The van der Waals surface area contributed by atoms with Gasteiger partial charge in [0, 0.05) is 11.1 Å². The second kappa shape index (κ2) is 5.36. The van der Waals surface area contributed by atoms with Gasteiger partial charge >= 0.3 is 0 Å². The number of aryl methyl sites for hydroxylation is 1. The molecule has 1 aromatic heterocycles. The van der Waals surface area contributed by atoms with Crippen LogP contribution in [-0.4, -0.2) is 24.0 Å². The molecule has 4 nitrogen and oxygen atoms in total. The summed E-state index contributed by atoms with van der Waals surface area (Å²) in [5, 5.41) is 7.18. The number of carbonyl (C=O) groups is 1. The molecule has 5 heteroatoms. The Balaban J connectivity index is 1.80. The van der Waals surface area contributed by atoms with Crippen molar-refractivity contribution >= 4 is 17.2 Å². The lowest BCUT2D eigenvalue weighted by Crippen LogP contribution is -2.45. The molecule has 0 radical (unpaired) electrons. The van der Waals surface area contributed by atoms with E-state index in [9.17, 15) is 4.79 Å². The fraction of sp³-hybridized carbons (Fsp3) is 0.692. The van der Waals surface area contributed by atoms with Crippen LogP contribution in [0.2, 0.25) is 0 Å². The summed E-state index contributed by atoms with van der Waals surface area (Å²) in [7, 11) is 0. The largest absolute Gasteiger partial charge is 0.344 e. The van der Waals surface area contributed by atoms with Crippen molar-refractivity contribution in [2.24, 2.45) is 5.92 Å². The van der Waals surface area contributed by atoms with Gasteiger partial charge < -0.3 is 10.6 Å². The van der Waals surface area contributed by atoms with Gasteiger partial charge in [0.25, 0.3) is 0 Å². The van der Waals surface area contributed by atoms with Crippen molar-refractivity contribution in [1.82, 2.24) is 15.6 Å². The van der Waals surface area contributed by atoms with E-state index in [1.165, 1.54) is 17.7 Å². The van der Waals surface area contributed by atoms with Gasteiger partial charge in [-0.1, -0.05) is 0 Å². The molecule has 1 amide bonds. The van der Waals surface area contributed by atoms with Gasteiger partial charge in [0.15, 0.2) is 0 Å². The van der Waals surface area contributed by atoms with E-state index in [2.05, 4.69) is 15.6 Å². The summed E-state index contributed by atoms with van der Waals surface area (Å²) in [5.41, 5.74) is -0.392. The molecule has 1 fully saturated rings. The van der Waals surface area contributed by atoms with Crippen LogP contribution in [0.3, 0.4) is 0 Å². The SMILES string of the molecule is Cc1cnc(C(C)(C)NC(=O)CNCC2CC2)s1. The molecular formula is C13H21N3OS. The molecule has 1 heterocycles. The van der Waals surface area contributed by atoms with Crippen molar-refractivity contribution in [2.75, 3.05) is 13.1 Å². The minimum atomic E-state index is -0.392. The van der Waals surface area contributed by atoms with Gasteiger partial charge in [-0.05, 0) is 46.1 Å². The lowest BCUT2D eigenvalue weighted by Gasteiger charge is -2.24. The van der Waals surface area contributed by atoms with Crippen LogP contribution in [0, 0.1) is 12.8 Å². The second-order valence-corrected chi connectivity index (χ2v) is 6.76. The first-order chi connectivity index (χ1) is 8.47. The number of amides is 1. The predicted molar refractivity (Wildman–Crippen MR) is 73.6 cm³/mol. The molecular weight excluding hydrogens is 246 g/mol. The normalized spacial score (nSPS) is 15.7. The quantitative estimate of drug-likeness (QED) is 0.826. The van der Waals surface area contributed by atoms with Gasteiger partial charge in [-0.15, -0.1) is 11.3 Å². The summed E-state index contributed by atoms with van der Waals surface area (Å²) in [4.78, 5) is 17.4. The van der Waals surface area contributed by atoms with Crippen LogP contribution in [0.25, 0.3) is 0 Å². The Morgan fingerprint density at radius 1 is 1.56 bits per heavy atom. The van der Waals surface area contributed by atoms with Crippen LogP contribution in [0.5, 0.6) is 0 Å². The third-order valence-corrected chi connectivity index (χ3v) is 4.26.